The molecule has 0 aliphatic heterocycles. The van der Waals surface area contributed by atoms with Crippen molar-refractivity contribution in [2.24, 2.45) is 0 Å². The molecular weight excluding hydrogens is 396 g/mol. The number of imidazole rings is 2. The van der Waals surface area contributed by atoms with Gasteiger partial charge in [0, 0.05) is 12.4 Å². The Labute approximate surface area is 182 Å². The number of aliphatic hydroxyl groups is 4. The van der Waals surface area contributed by atoms with E-state index in [-0.39, 0.29) is 13.2 Å². The van der Waals surface area contributed by atoms with E-state index in [0.29, 0.717) is 13.1 Å². The van der Waals surface area contributed by atoms with Gasteiger partial charge in [0.25, 0.3) is 0 Å². The molecule has 2 unspecified atom stereocenters. The van der Waals surface area contributed by atoms with E-state index in [1.165, 1.54) is 5.56 Å². The Kier molecular flexibility index (Phi) is 9.86. The van der Waals surface area contributed by atoms with Crippen LogP contribution in [0.3, 0.4) is 0 Å². The fourth-order valence-electron chi connectivity index (χ4n) is 2.69. The molecule has 0 spiro atoms. The summed E-state index contributed by atoms with van der Waals surface area (Å²) in [5, 5.41) is 35.8. The Morgan fingerprint density at radius 2 is 1.48 bits per heavy atom. The molecule has 0 bridgehead atoms. The summed E-state index contributed by atoms with van der Waals surface area (Å²) in [4.78, 5) is 0. The Bertz CT molecular complexity index is 933. The molecule has 3 rings (SSSR count). The molecule has 8 nitrogen and oxygen atoms in total. The van der Waals surface area contributed by atoms with Crippen LogP contribution in [0.15, 0.2) is 62.5 Å². The molecule has 0 aliphatic rings. The van der Waals surface area contributed by atoms with Gasteiger partial charge >= 0.3 is 0 Å². The number of nitrogens with zero attached hydrogens (tertiary/aromatic N) is 4. The van der Waals surface area contributed by atoms with Crippen LogP contribution >= 0.6 is 0 Å². The fourth-order valence-corrected chi connectivity index (χ4v) is 2.69. The van der Waals surface area contributed by atoms with E-state index in [1.54, 1.807) is 32.4 Å². The maximum atomic E-state index is 9.36. The number of aliphatic hydroxyl groups excluding tert-OH is 4. The van der Waals surface area contributed by atoms with Gasteiger partial charge in [0.2, 0.25) is 0 Å². The van der Waals surface area contributed by atoms with E-state index < -0.39 is 12.2 Å². The van der Waals surface area contributed by atoms with Crippen LogP contribution < -0.4 is 9.13 Å². The molecule has 2 heterocycles. The molecule has 4 N–H and O–H groups in total. The third-order valence-electron chi connectivity index (χ3n) is 4.35. The van der Waals surface area contributed by atoms with Gasteiger partial charge in [-0.15, -0.1) is 0 Å². The second-order valence-electron chi connectivity index (χ2n) is 6.97. The second kappa shape index (κ2) is 12.6. The monoisotopic (exact) mass is 426 g/mol. The number of hydrogen-bond donors (Lipinski definition) is 4. The zero-order valence-electron chi connectivity index (χ0n) is 17.5. The minimum atomic E-state index is -0.746. The van der Waals surface area contributed by atoms with E-state index in [2.05, 4.69) is 37.7 Å². The molecule has 0 saturated heterocycles. The van der Waals surface area contributed by atoms with Gasteiger partial charge in [-0.2, -0.15) is 0 Å². The molecule has 8 heteroatoms. The summed E-state index contributed by atoms with van der Waals surface area (Å²) in [5.74, 6) is 0. The summed E-state index contributed by atoms with van der Waals surface area (Å²) in [7, 11) is 0. The van der Waals surface area contributed by atoms with Crippen LogP contribution in [0.2, 0.25) is 0 Å². The quantitative estimate of drug-likeness (QED) is 0.263. The Morgan fingerprint density at radius 1 is 0.903 bits per heavy atom. The van der Waals surface area contributed by atoms with Gasteiger partial charge in [0.05, 0.1) is 45.4 Å². The smallest absolute Gasteiger partial charge is 0.112 e. The molecule has 166 valence electrons. The molecule has 0 saturated carbocycles. The Balaban J connectivity index is 0.000000245. The van der Waals surface area contributed by atoms with Crippen molar-refractivity contribution in [1.29, 1.82) is 0 Å². The predicted molar refractivity (Wildman–Crippen MR) is 115 cm³/mol. The van der Waals surface area contributed by atoms with Crippen LogP contribution in [0.5, 0.6) is 0 Å². The minimum Gasteiger partial charge on any atom is -0.397 e. The lowest BCUT2D eigenvalue weighted by atomic mass is 10.1. The van der Waals surface area contributed by atoms with Gasteiger partial charge in [-0.05, 0) is 23.5 Å². The van der Waals surface area contributed by atoms with Crippen molar-refractivity contribution in [3.8, 4) is 0 Å². The van der Waals surface area contributed by atoms with E-state index in [0.717, 1.165) is 12.1 Å². The molecule has 0 amide bonds. The van der Waals surface area contributed by atoms with Crippen molar-refractivity contribution in [2.75, 3.05) is 13.2 Å². The highest BCUT2D eigenvalue weighted by molar-refractivity contribution is 5.47. The van der Waals surface area contributed by atoms with Crippen molar-refractivity contribution in [3.05, 3.63) is 86.0 Å². The summed E-state index contributed by atoms with van der Waals surface area (Å²) in [5.41, 5.74) is 2.29. The van der Waals surface area contributed by atoms with Crippen molar-refractivity contribution >= 4 is 12.3 Å². The maximum absolute atomic E-state index is 9.36. The zero-order valence-corrected chi connectivity index (χ0v) is 17.5. The van der Waals surface area contributed by atoms with E-state index >= 15 is 0 Å². The lowest BCUT2D eigenvalue weighted by molar-refractivity contribution is -0.707. The van der Waals surface area contributed by atoms with Gasteiger partial charge < -0.3 is 38.7 Å². The van der Waals surface area contributed by atoms with Gasteiger partial charge in [0.15, 0.2) is 0 Å². The number of aromatic nitrogens is 4. The van der Waals surface area contributed by atoms with Gasteiger partial charge in [-0.3, -0.25) is 0 Å². The molecule has 31 heavy (non-hydrogen) atoms. The average Bonchev–Trinajstić information content (AvgIpc) is 3.43. The van der Waals surface area contributed by atoms with E-state index in [9.17, 15) is 5.11 Å². The third-order valence-corrected chi connectivity index (χ3v) is 4.35. The summed E-state index contributed by atoms with van der Waals surface area (Å²) >= 11 is 0. The van der Waals surface area contributed by atoms with Crippen molar-refractivity contribution < 1.29 is 29.6 Å². The fraction of sp³-hybridized carbons (Fsp3) is 0.304. The highest BCUT2D eigenvalue weighted by Crippen LogP contribution is 2.06. The summed E-state index contributed by atoms with van der Waals surface area (Å²) < 4.78 is 7.08. The standard InChI is InChI=1S/C15H18N2O2.C8H12N2O2/c1-2-13-3-5-14(6-4-13)9-16-7-8-17(12-16)10-15(19)11-18;1-2-9-3-4-10(7-9)5-8(12)6-11/h2-7,12,15,18-19H,1,9-11H2;2-3,7-8,11-12H,1,5-6H2. The molecule has 3 aromatic rings. The topological polar surface area (TPSA) is 98.5 Å². The van der Waals surface area contributed by atoms with Crippen molar-refractivity contribution in [2.45, 2.75) is 31.8 Å². The average molecular weight is 427 g/mol. The number of rotatable bonds is 10. The van der Waals surface area contributed by atoms with E-state index in [1.807, 2.05) is 35.3 Å². The van der Waals surface area contributed by atoms with Crippen molar-refractivity contribution in [3.63, 3.8) is 0 Å². The Morgan fingerprint density at radius 3 is 2.00 bits per heavy atom. The van der Waals surface area contributed by atoms with Gasteiger partial charge in [-0.25, -0.2) is 0 Å². The normalized spacial score (nSPS) is 12.5. The second-order valence-corrected chi connectivity index (χ2v) is 6.97. The number of benzene rings is 1. The summed E-state index contributed by atoms with van der Waals surface area (Å²) in [6.07, 6.45) is 14.9. The molecule has 1 aromatic carbocycles. The van der Waals surface area contributed by atoms with Crippen molar-refractivity contribution in [1.82, 2.24) is 9.13 Å². The predicted octanol–water partition coefficient (Wildman–Crippen LogP) is -0.350. The van der Waals surface area contributed by atoms with Crippen LogP contribution in [0, 0.1) is 12.4 Å². The molecule has 2 aromatic heterocycles. The van der Waals surface area contributed by atoms with Crippen LogP contribution in [0.1, 0.15) is 11.1 Å². The van der Waals surface area contributed by atoms with Crippen LogP contribution in [-0.4, -0.2) is 55.0 Å². The first-order chi connectivity index (χ1) is 15.0. The first kappa shape index (κ1) is 24.2. The third kappa shape index (κ3) is 8.31. The lowest BCUT2D eigenvalue weighted by Gasteiger charge is -2.07. The summed E-state index contributed by atoms with van der Waals surface area (Å²) in [6, 6.07) is 8.17. The largest absolute Gasteiger partial charge is 0.397 e. The SMILES string of the molecule is C=Cc1ccc(Cn2c[c-][n+](CC(O)CO)c2)cc1.C=Cn1c[c-][n+](CC(O)CO)c1. The molecule has 0 fully saturated rings. The van der Waals surface area contributed by atoms with Crippen LogP contribution in [0.25, 0.3) is 12.3 Å². The highest BCUT2D eigenvalue weighted by Gasteiger charge is 2.04. The van der Waals surface area contributed by atoms with Gasteiger partial charge in [0.1, 0.15) is 18.5 Å². The van der Waals surface area contributed by atoms with E-state index in [4.69, 9.17) is 15.3 Å². The molecule has 0 aliphatic carbocycles. The highest BCUT2D eigenvalue weighted by atomic mass is 16.3. The van der Waals surface area contributed by atoms with Gasteiger partial charge in [-0.1, -0.05) is 43.5 Å². The Hall–Kier alpha value is -3.04. The molecule has 0 radical (unpaired) electrons. The first-order valence-corrected chi connectivity index (χ1v) is 9.84. The zero-order chi connectivity index (χ0) is 22.6. The molecular formula is C23H30N4O4. The minimum absolute atomic E-state index is 0.236. The first-order valence-electron chi connectivity index (χ1n) is 9.84. The maximum Gasteiger partial charge on any atom is 0.112 e. The van der Waals surface area contributed by atoms with Crippen LogP contribution in [-0.2, 0) is 19.6 Å². The number of hydrogen-bond acceptors (Lipinski definition) is 4. The molecule has 2 atom stereocenters. The summed E-state index contributed by atoms with van der Waals surface area (Å²) in [6.45, 7) is 8.25. The van der Waals surface area contributed by atoms with Crippen LogP contribution in [0.4, 0.5) is 0 Å². The lowest BCUT2D eigenvalue weighted by Crippen LogP contribution is -2.39.